The van der Waals surface area contributed by atoms with Crippen LogP contribution in [-0.4, -0.2) is 20.1 Å². The third-order valence-corrected chi connectivity index (χ3v) is 2.53. The lowest BCUT2D eigenvalue weighted by molar-refractivity contribution is 0.275. The fourth-order valence-corrected chi connectivity index (χ4v) is 1.69. The topological polar surface area (TPSA) is 50.9 Å². The van der Waals surface area contributed by atoms with E-state index in [0.717, 1.165) is 37.2 Å². The average molecular weight is 211 g/mol. The highest BCUT2D eigenvalue weighted by atomic mass is 16.3. The predicted molar refractivity (Wildman–Crippen MR) is 59.5 cm³/mol. The van der Waals surface area contributed by atoms with Crippen molar-refractivity contribution in [1.82, 2.24) is 15.0 Å². The van der Waals surface area contributed by atoms with Crippen LogP contribution < -0.4 is 0 Å². The van der Waals surface area contributed by atoms with E-state index in [-0.39, 0.29) is 6.61 Å². The van der Waals surface area contributed by atoms with Gasteiger partial charge in [0.1, 0.15) is 5.69 Å². The molecule has 0 unspecified atom stereocenters. The third-order valence-electron chi connectivity index (χ3n) is 2.53. The van der Waals surface area contributed by atoms with Gasteiger partial charge in [-0.05, 0) is 12.8 Å². The summed E-state index contributed by atoms with van der Waals surface area (Å²) in [5.74, 6) is 0. The summed E-state index contributed by atoms with van der Waals surface area (Å²) in [4.78, 5) is 0. The summed E-state index contributed by atoms with van der Waals surface area (Å²) in [5, 5.41) is 17.2. The molecule has 15 heavy (non-hydrogen) atoms. The molecule has 1 aromatic heterocycles. The minimum absolute atomic E-state index is 0.00309. The predicted octanol–water partition coefficient (Wildman–Crippen LogP) is 1.91. The molecule has 0 amide bonds. The first-order valence-electron chi connectivity index (χ1n) is 5.85. The molecule has 0 aromatic carbocycles. The van der Waals surface area contributed by atoms with E-state index in [1.807, 2.05) is 4.68 Å². The summed E-state index contributed by atoms with van der Waals surface area (Å²) in [5.41, 5.74) is 1.85. The second-order valence-electron chi connectivity index (χ2n) is 3.82. The number of aliphatic hydroxyl groups excluding tert-OH is 1. The van der Waals surface area contributed by atoms with Gasteiger partial charge in [0, 0.05) is 6.54 Å². The van der Waals surface area contributed by atoms with Crippen LogP contribution in [0.25, 0.3) is 0 Å². The summed E-state index contributed by atoms with van der Waals surface area (Å²) < 4.78 is 1.95. The number of nitrogens with zero attached hydrogens (tertiary/aromatic N) is 3. The van der Waals surface area contributed by atoms with Crippen molar-refractivity contribution >= 4 is 0 Å². The molecule has 0 aliphatic heterocycles. The van der Waals surface area contributed by atoms with Crippen LogP contribution in [0.2, 0.25) is 0 Å². The van der Waals surface area contributed by atoms with E-state index in [1.165, 1.54) is 12.8 Å². The Bertz CT molecular complexity index is 283. The number of unbranched alkanes of at least 4 members (excludes halogenated alkanes) is 2. The number of aliphatic hydroxyl groups is 1. The molecule has 0 aliphatic carbocycles. The van der Waals surface area contributed by atoms with Gasteiger partial charge < -0.3 is 5.11 Å². The van der Waals surface area contributed by atoms with E-state index in [2.05, 4.69) is 24.2 Å². The Balaban J connectivity index is 2.64. The molecule has 4 nitrogen and oxygen atoms in total. The van der Waals surface area contributed by atoms with Gasteiger partial charge in [0.2, 0.25) is 0 Å². The van der Waals surface area contributed by atoms with Crippen LogP contribution in [0, 0.1) is 0 Å². The fourth-order valence-electron chi connectivity index (χ4n) is 1.69. The van der Waals surface area contributed by atoms with Crippen LogP contribution in [0.5, 0.6) is 0 Å². The summed E-state index contributed by atoms with van der Waals surface area (Å²) in [6.07, 6.45) is 5.59. The van der Waals surface area contributed by atoms with Crippen molar-refractivity contribution in [3.63, 3.8) is 0 Å². The van der Waals surface area contributed by atoms with E-state index in [1.54, 1.807) is 0 Å². The maximum atomic E-state index is 9.11. The van der Waals surface area contributed by atoms with Crippen LogP contribution in [0.15, 0.2) is 0 Å². The molecule has 0 atom stereocenters. The SMILES string of the molecule is CCCCCn1nnc(CO)c1CCC. The number of hydrogen-bond donors (Lipinski definition) is 1. The Hall–Kier alpha value is -0.900. The first-order valence-corrected chi connectivity index (χ1v) is 5.85. The molecule has 1 rings (SSSR count). The van der Waals surface area contributed by atoms with Gasteiger partial charge >= 0.3 is 0 Å². The Labute approximate surface area is 91.3 Å². The van der Waals surface area contributed by atoms with Crippen molar-refractivity contribution in [3.05, 3.63) is 11.4 Å². The summed E-state index contributed by atoms with van der Waals surface area (Å²) >= 11 is 0. The van der Waals surface area contributed by atoms with Crippen molar-refractivity contribution in [2.75, 3.05) is 0 Å². The maximum Gasteiger partial charge on any atom is 0.111 e. The number of rotatable bonds is 7. The van der Waals surface area contributed by atoms with Crippen molar-refractivity contribution in [2.45, 2.75) is 59.1 Å². The van der Waals surface area contributed by atoms with Crippen LogP contribution in [0.1, 0.15) is 50.9 Å². The zero-order chi connectivity index (χ0) is 11.1. The van der Waals surface area contributed by atoms with Crippen molar-refractivity contribution in [1.29, 1.82) is 0 Å². The van der Waals surface area contributed by atoms with Gasteiger partial charge in [0.15, 0.2) is 0 Å². The molecule has 86 valence electrons. The van der Waals surface area contributed by atoms with Gasteiger partial charge in [-0.1, -0.05) is 38.3 Å². The van der Waals surface area contributed by atoms with Crippen molar-refractivity contribution in [3.8, 4) is 0 Å². The molecule has 0 saturated carbocycles. The van der Waals surface area contributed by atoms with Crippen LogP contribution in [0.3, 0.4) is 0 Å². The monoisotopic (exact) mass is 211 g/mol. The number of hydrogen-bond acceptors (Lipinski definition) is 3. The van der Waals surface area contributed by atoms with Gasteiger partial charge in [0.05, 0.1) is 12.3 Å². The lowest BCUT2D eigenvalue weighted by Crippen LogP contribution is -2.06. The molecule has 1 N–H and O–H groups in total. The zero-order valence-electron chi connectivity index (χ0n) is 9.74. The highest BCUT2D eigenvalue weighted by molar-refractivity contribution is 5.09. The minimum atomic E-state index is 0.00309. The minimum Gasteiger partial charge on any atom is -0.390 e. The Morgan fingerprint density at radius 3 is 2.60 bits per heavy atom. The average Bonchev–Trinajstić information content (AvgIpc) is 2.62. The van der Waals surface area contributed by atoms with E-state index in [0.29, 0.717) is 0 Å². The second-order valence-corrected chi connectivity index (χ2v) is 3.82. The smallest absolute Gasteiger partial charge is 0.111 e. The molecule has 0 saturated heterocycles. The summed E-state index contributed by atoms with van der Waals surface area (Å²) in [6.45, 7) is 5.25. The van der Waals surface area contributed by atoms with Crippen molar-refractivity contribution in [2.24, 2.45) is 0 Å². The van der Waals surface area contributed by atoms with Gasteiger partial charge in [-0.3, -0.25) is 0 Å². The lowest BCUT2D eigenvalue weighted by atomic mass is 10.2. The van der Waals surface area contributed by atoms with Crippen LogP contribution >= 0.6 is 0 Å². The lowest BCUT2D eigenvalue weighted by Gasteiger charge is -2.05. The Morgan fingerprint density at radius 1 is 1.20 bits per heavy atom. The van der Waals surface area contributed by atoms with Gasteiger partial charge in [-0.15, -0.1) is 5.10 Å². The number of aryl methyl sites for hydroxylation is 1. The maximum absolute atomic E-state index is 9.11. The second kappa shape index (κ2) is 6.56. The summed E-state index contributed by atoms with van der Waals surface area (Å²) in [6, 6.07) is 0. The number of aromatic nitrogens is 3. The molecule has 0 bridgehead atoms. The van der Waals surface area contributed by atoms with E-state index in [9.17, 15) is 0 Å². The standard InChI is InChI=1S/C11H21N3O/c1-3-5-6-8-14-11(7-4-2)10(9-15)12-13-14/h15H,3-9H2,1-2H3. The molecular formula is C11H21N3O. The first kappa shape index (κ1) is 12.2. The van der Waals surface area contributed by atoms with Crippen LogP contribution in [0.4, 0.5) is 0 Å². The quantitative estimate of drug-likeness (QED) is 0.701. The van der Waals surface area contributed by atoms with Gasteiger partial charge in [-0.25, -0.2) is 4.68 Å². The van der Waals surface area contributed by atoms with E-state index in [4.69, 9.17) is 5.11 Å². The van der Waals surface area contributed by atoms with Gasteiger partial charge in [0.25, 0.3) is 0 Å². The highest BCUT2D eigenvalue weighted by Gasteiger charge is 2.10. The highest BCUT2D eigenvalue weighted by Crippen LogP contribution is 2.10. The fraction of sp³-hybridized carbons (Fsp3) is 0.818. The third kappa shape index (κ3) is 3.30. The molecule has 0 aliphatic rings. The molecule has 0 radical (unpaired) electrons. The van der Waals surface area contributed by atoms with Crippen LogP contribution in [-0.2, 0) is 19.6 Å². The first-order chi connectivity index (χ1) is 7.33. The molecule has 0 fully saturated rings. The molecule has 4 heteroatoms. The Kier molecular flexibility index (Phi) is 5.32. The molecule has 1 aromatic rings. The van der Waals surface area contributed by atoms with E-state index >= 15 is 0 Å². The van der Waals surface area contributed by atoms with Gasteiger partial charge in [-0.2, -0.15) is 0 Å². The normalized spacial score (nSPS) is 10.9. The van der Waals surface area contributed by atoms with Crippen molar-refractivity contribution < 1.29 is 5.11 Å². The Morgan fingerprint density at radius 2 is 2.00 bits per heavy atom. The summed E-state index contributed by atoms with van der Waals surface area (Å²) in [7, 11) is 0. The van der Waals surface area contributed by atoms with E-state index < -0.39 is 0 Å². The molecule has 0 spiro atoms. The molecular weight excluding hydrogens is 190 g/mol. The molecule has 1 heterocycles. The largest absolute Gasteiger partial charge is 0.390 e. The zero-order valence-corrected chi connectivity index (χ0v) is 9.74.